The smallest absolute Gasteiger partial charge is 0.313 e. The van der Waals surface area contributed by atoms with Gasteiger partial charge in [0.15, 0.2) is 0 Å². The lowest BCUT2D eigenvalue weighted by Gasteiger charge is -2.39. The molecule has 116 valence electrons. The molecule has 1 unspecified atom stereocenters. The zero-order valence-corrected chi connectivity index (χ0v) is 12.6. The van der Waals surface area contributed by atoms with E-state index in [1.807, 2.05) is 0 Å². The third-order valence-electron chi connectivity index (χ3n) is 4.01. The largest absolute Gasteiger partial charge is 0.481 e. The predicted molar refractivity (Wildman–Crippen MR) is 75.3 cm³/mol. The molecule has 0 spiro atoms. The van der Waals surface area contributed by atoms with E-state index < -0.39 is 11.4 Å². The van der Waals surface area contributed by atoms with E-state index in [9.17, 15) is 14.7 Å². The van der Waals surface area contributed by atoms with Gasteiger partial charge in [0.25, 0.3) is 5.91 Å². The molecule has 1 saturated heterocycles. The maximum Gasteiger partial charge on any atom is 0.313 e. The first kappa shape index (κ1) is 15.6. The number of furan rings is 1. The van der Waals surface area contributed by atoms with Crippen LogP contribution in [0.15, 0.2) is 10.5 Å². The van der Waals surface area contributed by atoms with Crippen LogP contribution in [0.5, 0.6) is 0 Å². The molecule has 1 aromatic rings. The summed E-state index contributed by atoms with van der Waals surface area (Å²) in [5.41, 5.74) is -0.513. The molecule has 2 heterocycles. The van der Waals surface area contributed by atoms with Gasteiger partial charge >= 0.3 is 5.97 Å². The molecule has 6 nitrogen and oxygen atoms in total. The number of aliphatic carboxylic acids is 1. The Bertz CT molecular complexity index is 546. The van der Waals surface area contributed by atoms with Gasteiger partial charge in [0, 0.05) is 20.2 Å². The fraction of sp³-hybridized carbons (Fsp3) is 0.600. The van der Waals surface area contributed by atoms with Crippen molar-refractivity contribution in [2.24, 2.45) is 5.41 Å². The van der Waals surface area contributed by atoms with Gasteiger partial charge in [0.2, 0.25) is 0 Å². The van der Waals surface area contributed by atoms with Crippen LogP contribution in [-0.4, -0.2) is 48.7 Å². The number of piperidine rings is 1. The SMILES string of the molecule is COCC1(C(=O)O)CCCN(C(=O)c2cc(C)oc2C)C1. The maximum atomic E-state index is 12.6. The molecule has 2 rings (SSSR count). The fourth-order valence-corrected chi connectivity index (χ4v) is 2.95. The topological polar surface area (TPSA) is 80.0 Å². The zero-order valence-electron chi connectivity index (χ0n) is 12.6. The van der Waals surface area contributed by atoms with Crippen molar-refractivity contribution in [2.75, 3.05) is 26.8 Å². The van der Waals surface area contributed by atoms with Gasteiger partial charge in [-0.25, -0.2) is 0 Å². The third-order valence-corrected chi connectivity index (χ3v) is 4.01. The first-order valence-corrected chi connectivity index (χ1v) is 6.98. The van der Waals surface area contributed by atoms with Gasteiger partial charge in [-0.2, -0.15) is 0 Å². The average molecular weight is 295 g/mol. The number of rotatable bonds is 4. The number of hydrogen-bond acceptors (Lipinski definition) is 4. The van der Waals surface area contributed by atoms with Gasteiger partial charge < -0.3 is 19.2 Å². The summed E-state index contributed by atoms with van der Waals surface area (Å²) in [5, 5.41) is 9.51. The molecule has 0 aromatic carbocycles. The first-order valence-electron chi connectivity index (χ1n) is 6.98. The van der Waals surface area contributed by atoms with Crippen LogP contribution in [0.4, 0.5) is 0 Å². The number of methoxy groups -OCH3 is 1. The molecule has 0 radical (unpaired) electrons. The Morgan fingerprint density at radius 1 is 1.48 bits per heavy atom. The highest BCUT2D eigenvalue weighted by Gasteiger charge is 2.44. The van der Waals surface area contributed by atoms with Crippen LogP contribution in [0, 0.1) is 19.3 Å². The molecule has 1 aliphatic rings. The van der Waals surface area contributed by atoms with E-state index in [1.54, 1.807) is 24.8 Å². The number of amides is 1. The number of carboxylic acid groups (broad SMARTS) is 1. The van der Waals surface area contributed by atoms with Crippen LogP contribution >= 0.6 is 0 Å². The van der Waals surface area contributed by atoms with E-state index in [-0.39, 0.29) is 19.1 Å². The molecule has 0 bridgehead atoms. The molecule has 21 heavy (non-hydrogen) atoms. The monoisotopic (exact) mass is 295 g/mol. The molecule has 0 saturated carbocycles. The van der Waals surface area contributed by atoms with E-state index in [0.29, 0.717) is 36.5 Å². The lowest BCUT2D eigenvalue weighted by Crippen LogP contribution is -2.52. The van der Waals surface area contributed by atoms with Crippen LogP contribution in [-0.2, 0) is 9.53 Å². The molecule has 1 fully saturated rings. The minimum Gasteiger partial charge on any atom is -0.481 e. The van der Waals surface area contributed by atoms with Gasteiger partial charge in [-0.1, -0.05) is 0 Å². The molecule has 1 N–H and O–H groups in total. The van der Waals surface area contributed by atoms with Gasteiger partial charge in [-0.15, -0.1) is 0 Å². The summed E-state index contributed by atoms with van der Waals surface area (Å²) in [5.74, 6) is 0.151. The van der Waals surface area contributed by atoms with Gasteiger partial charge in [-0.05, 0) is 32.8 Å². The first-order chi connectivity index (χ1) is 9.89. The quantitative estimate of drug-likeness (QED) is 0.917. The standard InChI is InChI=1S/C15H21NO5/c1-10-7-12(11(2)21-10)13(17)16-6-4-5-15(8-16,9-20-3)14(18)19/h7H,4-6,8-9H2,1-3H3,(H,18,19). The predicted octanol–water partition coefficient (Wildman–Crippen LogP) is 1.85. The summed E-state index contributed by atoms with van der Waals surface area (Å²) >= 11 is 0. The molecular weight excluding hydrogens is 274 g/mol. The number of aryl methyl sites for hydroxylation is 2. The highest BCUT2D eigenvalue weighted by molar-refractivity contribution is 5.95. The van der Waals surface area contributed by atoms with Gasteiger partial charge in [0.05, 0.1) is 12.2 Å². The number of carbonyl (C=O) groups is 2. The van der Waals surface area contributed by atoms with E-state index >= 15 is 0 Å². The molecule has 6 heteroatoms. The molecule has 1 atom stereocenters. The van der Waals surface area contributed by atoms with Crippen molar-refractivity contribution in [3.05, 3.63) is 23.2 Å². The van der Waals surface area contributed by atoms with Crippen LogP contribution in [0.3, 0.4) is 0 Å². The number of carboxylic acids is 1. The summed E-state index contributed by atoms with van der Waals surface area (Å²) in [6, 6.07) is 1.70. The van der Waals surface area contributed by atoms with E-state index in [2.05, 4.69) is 0 Å². The van der Waals surface area contributed by atoms with Crippen molar-refractivity contribution in [1.29, 1.82) is 0 Å². The molecule has 0 aliphatic carbocycles. The Kier molecular flexibility index (Phi) is 4.37. The highest BCUT2D eigenvalue weighted by atomic mass is 16.5. The Labute approximate surface area is 123 Å². The van der Waals surface area contributed by atoms with Crippen molar-refractivity contribution in [3.63, 3.8) is 0 Å². The van der Waals surface area contributed by atoms with Crippen LogP contribution in [0.2, 0.25) is 0 Å². The normalized spacial score (nSPS) is 22.3. The number of nitrogens with zero attached hydrogens (tertiary/aromatic N) is 1. The van der Waals surface area contributed by atoms with Crippen molar-refractivity contribution in [3.8, 4) is 0 Å². The van der Waals surface area contributed by atoms with Crippen LogP contribution in [0.25, 0.3) is 0 Å². The van der Waals surface area contributed by atoms with Crippen molar-refractivity contribution in [1.82, 2.24) is 4.90 Å². The summed E-state index contributed by atoms with van der Waals surface area (Å²) in [7, 11) is 1.48. The molecular formula is C15H21NO5. The van der Waals surface area contributed by atoms with Crippen LogP contribution in [0.1, 0.15) is 34.7 Å². The van der Waals surface area contributed by atoms with Gasteiger partial charge in [-0.3, -0.25) is 9.59 Å². The van der Waals surface area contributed by atoms with Gasteiger partial charge in [0.1, 0.15) is 16.9 Å². The molecule has 1 aliphatic heterocycles. The lowest BCUT2D eigenvalue weighted by molar-refractivity contribution is -0.155. The van der Waals surface area contributed by atoms with Crippen molar-refractivity contribution >= 4 is 11.9 Å². The van der Waals surface area contributed by atoms with E-state index in [4.69, 9.17) is 9.15 Å². The minimum absolute atomic E-state index is 0.107. The second kappa shape index (κ2) is 5.89. The molecule has 1 aromatic heterocycles. The summed E-state index contributed by atoms with van der Waals surface area (Å²) in [4.78, 5) is 25.8. The lowest BCUT2D eigenvalue weighted by atomic mass is 9.80. The van der Waals surface area contributed by atoms with E-state index in [0.717, 1.165) is 0 Å². The molecule has 1 amide bonds. The third kappa shape index (κ3) is 2.95. The maximum absolute atomic E-state index is 12.6. The van der Waals surface area contributed by atoms with Crippen LogP contribution < -0.4 is 0 Å². The minimum atomic E-state index is -1.02. The summed E-state index contributed by atoms with van der Waals surface area (Å²) < 4.78 is 10.5. The average Bonchev–Trinajstić information content (AvgIpc) is 2.77. The summed E-state index contributed by atoms with van der Waals surface area (Å²) in [6.07, 6.45) is 1.17. The summed E-state index contributed by atoms with van der Waals surface area (Å²) in [6.45, 7) is 4.35. The van der Waals surface area contributed by atoms with Crippen molar-refractivity contribution < 1.29 is 23.8 Å². The zero-order chi connectivity index (χ0) is 15.6. The number of hydrogen-bond donors (Lipinski definition) is 1. The van der Waals surface area contributed by atoms with E-state index in [1.165, 1.54) is 7.11 Å². The number of likely N-dealkylation sites (tertiary alicyclic amines) is 1. The Morgan fingerprint density at radius 2 is 2.19 bits per heavy atom. The number of ether oxygens (including phenoxy) is 1. The fourth-order valence-electron chi connectivity index (χ4n) is 2.95. The Hall–Kier alpha value is -1.82. The second-order valence-corrected chi connectivity index (χ2v) is 5.68. The highest BCUT2D eigenvalue weighted by Crippen LogP contribution is 2.32. The Balaban J connectivity index is 2.22. The number of carbonyl (C=O) groups excluding carboxylic acids is 1. The van der Waals surface area contributed by atoms with Crippen molar-refractivity contribution in [2.45, 2.75) is 26.7 Å². The Morgan fingerprint density at radius 3 is 2.71 bits per heavy atom. The second-order valence-electron chi connectivity index (χ2n) is 5.68.